The van der Waals surface area contributed by atoms with Gasteiger partial charge in [-0.05, 0) is 49.6 Å². The second-order valence-electron chi connectivity index (χ2n) is 9.81. The molecule has 1 aromatic heterocycles. The molecule has 2 aromatic carbocycles. The summed E-state index contributed by atoms with van der Waals surface area (Å²) in [5.41, 5.74) is 2.64. The number of piperidine rings is 1. The second kappa shape index (κ2) is 10.6. The molecule has 0 saturated carbocycles. The number of piperazine rings is 1. The second-order valence-corrected chi connectivity index (χ2v) is 10.2. The number of aldehydes is 1. The zero-order valence-electron chi connectivity index (χ0n) is 20.9. The zero-order chi connectivity index (χ0) is 25.2. The summed E-state index contributed by atoms with van der Waals surface area (Å²) in [6, 6.07) is 13.7. The van der Waals surface area contributed by atoms with Gasteiger partial charge in [0.1, 0.15) is 11.9 Å². The summed E-state index contributed by atoms with van der Waals surface area (Å²) in [4.78, 5) is 32.4. The van der Waals surface area contributed by atoms with Gasteiger partial charge >= 0.3 is 0 Å². The minimum absolute atomic E-state index is 0.00238. The van der Waals surface area contributed by atoms with E-state index in [9.17, 15) is 9.59 Å². The number of amides is 1. The minimum atomic E-state index is -0.475. The van der Waals surface area contributed by atoms with Gasteiger partial charge in [0.15, 0.2) is 6.29 Å². The zero-order valence-corrected chi connectivity index (χ0v) is 21.7. The van der Waals surface area contributed by atoms with E-state index in [4.69, 9.17) is 16.3 Å². The van der Waals surface area contributed by atoms with E-state index in [0.717, 1.165) is 62.0 Å². The highest BCUT2D eigenvalue weighted by atomic mass is 35.5. The van der Waals surface area contributed by atoms with Gasteiger partial charge in [-0.15, -0.1) is 0 Å². The first kappa shape index (κ1) is 24.8. The van der Waals surface area contributed by atoms with Crippen molar-refractivity contribution in [1.29, 1.82) is 0 Å². The van der Waals surface area contributed by atoms with Gasteiger partial charge in [0, 0.05) is 55.9 Å². The molecule has 1 unspecified atom stereocenters. The van der Waals surface area contributed by atoms with Crippen LogP contribution < -0.4 is 4.74 Å². The number of rotatable bonds is 6. The lowest BCUT2D eigenvalue weighted by atomic mass is 9.88. The maximum absolute atomic E-state index is 13.8. The van der Waals surface area contributed by atoms with Crippen LogP contribution in [0.25, 0.3) is 10.9 Å². The summed E-state index contributed by atoms with van der Waals surface area (Å²) in [6.45, 7) is 4.74. The standard InChI is InChI=1S/C28H33ClN4O3/c1-30-13-15-31(16-14-30)27(19-34)33-18-24(23-8-7-21(29)17-25(23)33)28(35)32-11-9-20(10-12-32)22-5-3-4-6-26(22)36-2/h3-8,17-20,27H,9-16H2,1-2H3. The number of fused-ring (bicyclic) bond motifs is 1. The number of para-hydroxylation sites is 1. The van der Waals surface area contributed by atoms with Crippen molar-refractivity contribution < 1.29 is 14.3 Å². The number of likely N-dealkylation sites (tertiary alicyclic amines) is 1. The number of halogens is 1. The number of nitrogens with zero attached hydrogens (tertiary/aromatic N) is 4. The molecule has 8 heteroatoms. The summed E-state index contributed by atoms with van der Waals surface area (Å²) in [6.07, 6.45) is 4.12. The molecule has 3 aromatic rings. The van der Waals surface area contributed by atoms with Crippen LogP contribution in [0, 0.1) is 0 Å². The number of benzene rings is 2. The van der Waals surface area contributed by atoms with Crippen molar-refractivity contribution >= 4 is 34.7 Å². The molecule has 2 aliphatic heterocycles. The first-order valence-electron chi connectivity index (χ1n) is 12.6. The van der Waals surface area contributed by atoms with Crippen molar-refractivity contribution in [2.24, 2.45) is 0 Å². The maximum Gasteiger partial charge on any atom is 0.256 e. The van der Waals surface area contributed by atoms with Crippen molar-refractivity contribution in [1.82, 2.24) is 19.3 Å². The SMILES string of the molecule is COc1ccccc1C1CCN(C(=O)c2cn(C(C=O)N3CCN(C)CC3)c3cc(Cl)ccc23)CC1. The van der Waals surface area contributed by atoms with Crippen molar-refractivity contribution in [3.8, 4) is 5.75 Å². The Hall–Kier alpha value is -2.87. The van der Waals surface area contributed by atoms with Crippen LogP contribution >= 0.6 is 11.6 Å². The Balaban J connectivity index is 1.40. The van der Waals surface area contributed by atoms with Crippen molar-refractivity contribution in [3.05, 3.63) is 64.8 Å². The molecule has 1 amide bonds. The highest BCUT2D eigenvalue weighted by molar-refractivity contribution is 6.31. The average molecular weight is 509 g/mol. The Morgan fingerprint density at radius 3 is 2.47 bits per heavy atom. The quantitative estimate of drug-likeness (QED) is 0.465. The molecule has 3 heterocycles. The third kappa shape index (κ3) is 4.75. The number of carbonyl (C=O) groups is 2. The van der Waals surface area contributed by atoms with Gasteiger partial charge in [-0.25, -0.2) is 0 Å². The van der Waals surface area contributed by atoms with Crippen LogP contribution in [0.1, 0.15) is 40.8 Å². The largest absolute Gasteiger partial charge is 0.496 e. The number of hydrogen-bond donors (Lipinski definition) is 0. The molecule has 7 nitrogen and oxygen atoms in total. The van der Waals surface area contributed by atoms with Crippen LogP contribution in [-0.4, -0.2) is 84.9 Å². The molecule has 190 valence electrons. The van der Waals surface area contributed by atoms with E-state index in [1.807, 2.05) is 52.1 Å². The summed E-state index contributed by atoms with van der Waals surface area (Å²) in [5, 5.41) is 1.42. The Morgan fingerprint density at radius 2 is 1.78 bits per heavy atom. The summed E-state index contributed by atoms with van der Waals surface area (Å²) in [5.74, 6) is 1.27. The van der Waals surface area contributed by atoms with Crippen LogP contribution in [-0.2, 0) is 4.79 Å². The number of ether oxygens (including phenoxy) is 1. The van der Waals surface area contributed by atoms with E-state index in [1.165, 1.54) is 5.56 Å². The van der Waals surface area contributed by atoms with Gasteiger partial charge in [-0.2, -0.15) is 0 Å². The van der Waals surface area contributed by atoms with Gasteiger partial charge in [-0.3, -0.25) is 14.5 Å². The average Bonchev–Trinajstić information content (AvgIpc) is 3.28. The van der Waals surface area contributed by atoms with E-state index < -0.39 is 6.17 Å². The minimum Gasteiger partial charge on any atom is -0.496 e. The smallest absolute Gasteiger partial charge is 0.256 e. The first-order valence-corrected chi connectivity index (χ1v) is 13.0. The first-order chi connectivity index (χ1) is 17.5. The van der Waals surface area contributed by atoms with E-state index in [0.29, 0.717) is 29.6 Å². The lowest BCUT2D eigenvalue weighted by Gasteiger charge is -2.36. The van der Waals surface area contributed by atoms with Crippen LogP contribution in [0.3, 0.4) is 0 Å². The van der Waals surface area contributed by atoms with Crippen LogP contribution in [0.2, 0.25) is 5.02 Å². The number of carbonyl (C=O) groups excluding carboxylic acids is 2. The van der Waals surface area contributed by atoms with Crippen LogP contribution in [0.15, 0.2) is 48.7 Å². The molecule has 0 spiro atoms. The predicted molar refractivity (Wildman–Crippen MR) is 142 cm³/mol. The third-order valence-corrected chi connectivity index (χ3v) is 7.94. The fourth-order valence-corrected chi connectivity index (χ4v) is 5.76. The Bertz CT molecular complexity index is 1240. The Morgan fingerprint density at radius 1 is 1.06 bits per heavy atom. The van der Waals surface area contributed by atoms with Gasteiger partial charge < -0.3 is 19.1 Å². The molecule has 0 N–H and O–H groups in total. The lowest BCUT2D eigenvalue weighted by Crippen LogP contribution is -2.47. The van der Waals surface area contributed by atoms with Gasteiger partial charge in [-0.1, -0.05) is 35.9 Å². The van der Waals surface area contributed by atoms with E-state index >= 15 is 0 Å². The molecule has 5 rings (SSSR count). The summed E-state index contributed by atoms with van der Waals surface area (Å²) < 4.78 is 7.49. The van der Waals surface area contributed by atoms with Gasteiger partial charge in [0.05, 0.1) is 18.2 Å². The highest BCUT2D eigenvalue weighted by Crippen LogP contribution is 2.35. The fourth-order valence-electron chi connectivity index (χ4n) is 5.60. The molecule has 2 fully saturated rings. The molecule has 36 heavy (non-hydrogen) atoms. The van der Waals surface area contributed by atoms with Crippen LogP contribution in [0.4, 0.5) is 0 Å². The molecule has 2 aliphatic rings. The molecule has 0 radical (unpaired) electrons. The van der Waals surface area contributed by atoms with Gasteiger partial charge in [0.2, 0.25) is 0 Å². The monoisotopic (exact) mass is 508 g/mol. The highest BCUT2D eigenvalue weighted by Gasteiger charge is 2.30. The van der Waals surface area contributed by atoms with Crippen molar-refractivity contribution in [2.75, 3.05) is 53.4 Å². The molecular formula is C28H33ClN4O3. The Labute approximate surface area is 217 Å². The lowest BCUT2D eigenvalue weighted by molar-refractivity contribution is -0.116. The number of aromatic nitrogens is 1. The normalized spacial score (nSPS) is 18.9. The fraction of sp³-hybridized carbons (Fsp3) is 0.429. The Kier molecular flexibility index (Phi) is 7.32. The third-order valence-electron chi connectivity index (χ3n) is 7.71. The topological polar surface area (TPSA) is 58.0 Å². The molecule has 0 bridgehead atoms. The van der Waals surface area contributed by atoms with E-state index in [2.05, 4.69) is 22.9 Å². The molecule has 1 atom stereocenters. The summed E-state index contributed by atoms with van der Waals surface area (Å²) >= 11 is 6.35. The molecular weight excluding hydrogens is 476 g/mol. The summed E-state index contributed by atoms with van der Waals surface area (Å²) in [7, 11) is 3.79. The van der Waals surface area contributed by atoms with Gasteiger partial charge in [0.25, 0.3) is 5.91 Å². The number of hydrogen-bond acceptors (Lipinski definition) is 5. The van der Waals surface area contributed by atoms with Crippen molar-refractivity contribution in [2.45, 2.75) is 24.9 Å². The van der Waals surface area contributed by atoms with E-state index in [1.54, 1.807) is 7.11 Å². The number of methoxy groups -OCH3 is 1. The van der Waals surface area contributed by atoms with E-state index in [-0.39, 0.29) is 5.91 Å². The molecule has 0 aliphatic carbocycles. The predicted octanol–water partition coefficient (Wildman–Crippen LogP) is 4.27. The van der Waals surface area contributed by atoms with Crippen LogP contribution in [0.5, 0.6) is 5.75 Å². The maximum atomic E-state index is 13.8. The van der Waals surface area contributed by atoms with Crippen molar-refractivity contribution in [3.63, 3.8) is 0 Å². The number of likely N-dealkylation sites (N-methyl/N-ethyl adjacent to an activating group) is 1. The molecule has 2 saturated heterocycles.